The minimum absolute atomic E-state index is 0.228. The second kappa shape index (κ2) is 7.79. The summed E-state index contributed by atoms with van der Waals surface area (Å²) >= 11 is 0. The van der Waals surface area contributed by atoms with Gasteiger partial charge in [-0.15, -0.1) is 0 Å². The minimum Gasteiger partial charge on any atom is -0.497 e. The summed E-state index contributed by atoms with van der Waals surface area (Å²) in [5.41, 5.74) is 0. The van der Waals surface area contributed by atoms with Crippen LogP contribution in [0.25, 0.3) is 0 Å². The van der Waals surface area contributed by atoms with E-state index in [9.17, 15) is 4.21 Å². The maximum atomic E-state index is 12.9. The number of hydrogen-bond donors (Lipinski definition) is 1. The topological polar surface area (TPSA) is 38.3 Å². The minimum atomic E-state index is -0.941. The molecule has 3 nitrogen and oxygen atoms in total. The lowest BCUT2D eigenvalue weighted by Crippen LogP contribution is -2.41. The van der Waals surface area contributed by atoms with Crippen LogP contribution in [0.4, 0.5) is 0 Å². The van der Waals surface area contributed by atoms with Crippen molar-refractivity contribution < 1.29 is 8.95 Å². The molecule has 0 saturated heterocycles. The first-order chi connectivity index (χ1) is 9.76. The molecule has 0 heterocycles. The molecular formula is C16H25NO2S. The third-order valence-electron chi connectivity index (χ3n) is 3.99. The fraction of sp³-hybridized carbons (Fsp3) is 0.625. The average Bonchev–Trinajstić information content (AvgIpc) is 2.72. The van der Waals surface area contributed by atoms with Gasteiger partial charge in [0.2, 0.25) is 0 Å². The smallest absolute Gasteiger partial charge is 0.118 e. The highest BCUT2D eigenvalue weighted by Crippen LogP contribution is 2.26. The van der Waals surface area contributed by atoms with Crippen molar-refractivity contribution in [1.29, 1.82) is 0 Å². The monoisotopic (exact) mass is 295 g/mol. The number of nitrogens with one attached hydrogen (secondary N) is 1. The van der Waals surface area contributed by atoms with Crippen LogP contribution < -0.4 is 10.1 Å². The molecule has 0 amide bonds. The molecule has 1 aromatic rings. The Balaban J connectivity index is 2.14. The van der Waals surface area contributed by atoms with Crippen molar-refractivity contribution >= 4 is 10.8 Å². The lowest BCUT2D eigenvalue weighted by atomic mass is 10.1. The Morgan fingerprint density at radius 3 is 2.55 bits per heavy atom. The quantitative estimate of drug-likeness (QED) is 0.848. The standard InChI is InChI=1S/C16H25NO2S/c1-3-17-15-7-5-4-6-8-16(15)20(18)14-11-9-13(19-2)10-12-14/h9-12,15-17H,3-8H2,1-2H3. The molecule has 0 aliphatic heterocycles. The van der Waals surface area contributed by atoms with Gasteiger partial charge in [-0.25, -0.2) is 0 Å². The average molecular weight is 295 g/mol. The summed E-state index contributed by atoms with van der Waals surface area (Å²) in [6.07, 6.45) is 5.89. The summed E-state index contributed by atoms with van der Waals surface area (Å²) in [6, 6.07) is 8.04. The lowest BCUT2D eigenvalue weighted by Gasteiger charge is -2.25. The Morgan fingerprint density at radius 2 is 1.90 bits per heavy atom. The van der Waals surface area contributed by atoms with E-state index in [0.717, 1.165) is 30.0 Å². The van der Waals surface area contributed by atoms with Gasteiger partial charge in [-0.1, -0.05) is 26.2 Å². The van der Waals surface area contributed by atoms with Crippen LogP contribution in [-0.2, 0) is 10.8 Å². The summed E-state index contributed by atoms with van der Waals surface area (Å²) in [5, 5.41) is 3.76. The molecule has 3 unspecified atom stereocenters. The zero-order valence-corrected chi connectivity index (χ0v) is 13.2. The van der Waals surface area contributed by atoms with Gasteiger partial charge in [-0.05, 0) is 43.7 Å². The van der Waals surface area contributed by atoms with Crippen LogP contribution in [0.5, 0.6) is 5.75 Å². The Kier molecular flexibility index (Phi) is 6.05. The second-order valence-corrected chi connectivity index (χ2v) is 6.99. The fourth-order valence-corrected chi connectivity index (χ4v) is 4.58. The first-order valence-corrected chi connectivity index (χ1v) is 8.75. The van der Waals surface area contributed by atoms with Gasteiger partial charge < -0.3 is 10.1 Å². The predicted molar refractivity (Wildman–Crippen MR) is 83.7 cm³/mol. The zero-order chi connectivity index (χ0) is 14.4. The lowest BCUT2D eigenvalue weighted by molar-refractivity contribution is 0.414. The van der Waals surface area contributed by atoms with E-state index < -0.39 is 10.8 Å². The van der Waals surface area contributed by atoms with Crippen molar-refractivity contribution in [2.45, 2.75) is 55.2 Å². The van der Waals surface area contributed by atoms with E-state index in [2.05, 4.69) is 12.2 Å². The summed E-state index contributed by atoms with van der Waals surface area (Å²) in [6.45, 7) is 3.07. The molecule has 3 atom stereocenters. The van der Waals surface area contributed by atoms with Gasteiger partial charge >= 0.3 is 0 Å². The van der Waals surface area contributed by atoms with Gasteiger partial charge in [0, 0.05) is 10.9 Å². The zero-order valence-electron chi connectivity index (χ0n) is 12.4. The molecule has 1 saturated carbocycles. The van der Waals surface area contributed by atoms with Crippen LogP contribution in [0.15, 0.2) is 29.2 Å². The number of hydrogen-bond acceptors (Lipinski definition) is 3. The van der Waals surface area contributed by atoms with E-state index in [1.165, 1.54) is 19.3 Å². The fourth-order valence-electron chi connectivity index (χ4n) is 2.91. The van der Waals surface area contributed by atoms with Gasteiger partial charge in [0.1, 0.15) is 5.75 Å². The summed E-state index contributed by atoms with van der Waals surface area (Å²) < 4.78 is 18.0. The molecule has 112 valence electrons. The summed E-state index contributed by atoms with van der Waals surface area (Å²) in [7, 11) is 0.710. The molecule has 0 spiro atoms. The van der Waals surface area contributed by atoms with E-state index in [-0.39, 0.29) is 5.25 Å². The van der Waals surface area contributed by atoms with E-state index in [1.807, 2.05) is 24.3 Å². The van der Waals surface area contributed by atoms with Gasteiger partial charge in [-0.2, -0.15) is 0 Å². The normalized spacial score (nSPS) is 24.9. The molecule has 20 heavy (non-hydrogen) atoms. The maximum Gasteiger partial charge on any atom is 0.118 e. The van der Waals surface area contributed by atoms with Gasteiger partial charge in [0.25, 0.3) is 0 Å². The van der Waals surface area contributed by atoms with Crippen LogP contribution in [0.3, 0.4) is 0 Å². The van der Waals surface area contributed by atoms with Crippen molar-refractivity contribution in [2.24, 2.45) is 0 Å². The number of ether oxygens (including phenoxy) is 1. The van der Waals surface area contributed by atoms with Gasteiger partial charge in [0.05, 0.1) is 23.2 Å². The SMILES string of the molecule is CCNC1CCCCCC1S(=O)c1ccc(OC)cc1. The Bertz CT molecular complexity index is 433. The van der Waals surface area contributed by atoms with Crippen molar-refractivity contribution in [3.8, 4) is 5.75 Å². The van der Waals surface area contributed by atoms with Gasteiger partial charge in [-0.3, -0.25) is 4.21 Å². The molecule has 1 aromatic carbocycles. The number of methoxy groups -OCH3 is 1. The molecule has 0 radical (unpaired) electrons. The second-order valence-electron chi connectivity index (χ2n) is 5.31. The maximum absolute atomic E-state index is 12.9. The predicted octanol–water partition coefficient (Wildman–Crippen LogP) is 3.11. The number of rotatable bonds is 5. The van der Waals surface area contributed by atoms with Crippen LogP contribution in [0.2, 0.25) is 0 Å². The van der Waals surface area contributed by atoms with Crippen LogP contribution >= 0.6 is 0 Å². The van der Waals surface area contributed by atoms with Crippen molar-refractivity contribution in [2.75, 3.05) is 13.7 Å². The Morgan fingerprint density at radius 1 is 1.20 bits per heavy atom. The molecule has 2 rings (SSSR count). The van der Waals surface area contributed by atoms with Crippen LogP contribution in [0, 0.1) is 0 Å². The third-order valence-corrected chi connectivity index (χ3v) is 5.84. The van der Waals surface area contributed by atoms with Crippen LogP contribution in [-0.4, -0.2) is 29.2 Å². The summed E-state index contributed by atoms with van der Waals surface area (Å²) in [4.78, 5) is 0.917. The molecular weight excluding hydrogens is 270 g/mol. The molecule has 0 aromatic heterocycles. The molecule has 0 bridgehead atoms. The van der Waals surface area contributed by atoms with E-state index >= 15 is 0 Å². The first kappa shape index (κ1) is 15.5. The molecule has 1 N–H and O–H groups in total. The van der Waals surface area contributed by atoms with Gasteiger partial charge in [0.15, 0.2) is 0 Å². The summed E-state index contributed by atoms with van der Waals surface area (Å²) in [5.74, 6) is 0.815. The Labute approximate surface area is 124 Å². The van der Waals surface area contributed by atoms with Crippen molar-refractivity contribution in [3.63, 3.8) is 0 Å². The Hall–Kier alpha value is -0.870. The van der Waals surface area contributed by atoms with Crippen molar-refractivity contribution in [1.82, 2.24) is 5.32 Å². The van der Waals surface area contributed by atoms with E-state index in [1.54, 1.807) is 7.11 Å². The molecule has 1 fully saturated rings. The van der Waals surface area contributed by atoms with E-state index in [0.29, 0.717) is 6.04 Å². The van der Waals surface area contributed by atoms with Crippen molar-refractivity contribution in [3.05, 3.63) is 24.3 Å². The third kappa shape index (κ3) is 3.83. The van der Waals surface area contributed by atoms with E-state index in [4.69, 9.17) is 4.74 Å². The largest absolute Gasteiger partial charge is 0.497 e. The molecule has 1 aliphatic carbocycles. The number of benzene rings is 1. The highest BCUT2D eigenvalue weighted by Gasteiger charge is 2.28. The molecule has 4 heteroatoms. The van der Waals surface area contributed by atoms with Crippen LogP contribution in [0.1, 0.15) is 39.0 Å². The molecule has 1 aliphatic rings. The highest BCUT2D eigenvalue weighted by molar-refractivity contribution is 7.85. The first-order valence-electron chi connectivity index (χ1n) is 7.54. The highest BCUT2D eigenvalue weighted by atomic mass is 32.2.